The van der Waals surface area contributed by atoms with Crippen molar-refractivity contribution in [2.45, 2.75) is 6.92 Å². The Balaban J connectivity index is 1.92. The van der Waals surface area contributed by atoms with Gasteiger partial charge in [0.15, 0.2) is 0 Å². The highest BCUT2D eigenvalue weighted by Crippen LogP contribution is 2.47. The van der Waals surface area contributed by atoms with E-state index in [4.69, 9.17) is 21.9 Å². The molecular weight excluding hydrogens is 429 g/mol. The number of thiocarbonyl (C=S) groups is 1. The van der Waals surface area contributed by atoms with Crippen LogP contribution in [0.25, 0.3) is 0 Å². The summed E-state index contributed by atoms with van der Waals surface area (Å²) >= 11 is 5.85. The lowest BCUT2D eigenvalue weighted by Crippen LogP contribution is -2.31. The standard InChI is InChI=1S/C28H22NOPS/c1-21-12-11-13-22(20-21)26-29-27(28(32)30-26)31(23-14-5-2-6-15-23,24-16-7-3-8-17-24)25-18-9-4-10-19-25/h2-20H,1H3. The summed E-state index contributed by atoms with van der Waals surface area (Å²) in [7, 11) is 0. The molecule has 0 unspecified atom stereocenters. The zero-order valence-corrected chi connectivity index (χ0v) is 19.4. The average molecular weight is 452 g/mol. The van der Waals surface area contributed by atoms with Crippen molar-refractivity contribution in [1.82, 2.24) is 0 Å². The van der Waals surface area contributed by atoms with Crippen LogP contribution in [-0.2, 0) is 4.74 Å². The Morgan fingerprint density at radius 3 is 1.62 bits per heavy atom. The Morgan fingerprint density at radius 1 is 0.656 bits per heavy atom. The van der Waals surface area contributed by atoms with E-state index in [9.17, 15) is 0 Å². The van der Waals surface area contributed by atoms with E-state index in [2.05, 4.69) is 91.9 Å². The van der Waals surface area contributed by atoms with Gasteiger partial charge >= 0.3 is 0 Å². The van der Waals surface area contributed by atoms with Gasteiger partial charge < -0.3 is 4.74 Å². The highest BCUT2D eigenvalue weighted by molar-refractivity contribution is 7.98. The van der Waals surface area contributed by atoms with E-state index in [-0.39, 0.29) is 0 Å². The van der Waals surface area contributed by atoms with Crippen LogP contribution >= 0.6 is 19.1 Å². The van der Waals surface area contributed by atoms with Gasteiger partial charge in [0, 0.05) is 12.4 Å². The normalized spacial score (nSPS) is 13.6. The van der Waals surface area contributed by atoms with Crippen molar-refractivity contribution < 1.29 is 4.74 Å². The molecule has 0 radical (unpaired) electrons. The number of benzene rings is 4. The molecule has 0 atom stereocenters. The largest absolute Gasteiger partial charge is 0.424 e. The van der Waals surface area contributed by atoms with Gasteiger partial charge in [0.2, 0.25) is 10.9 Å². The van der Waals surface area contributed by atoms with E-state index in [1.54, 1.807) is 0 Å². The van der Waals surface area contributed by atoms with Crippen LogP contribution in [-0.4, -0.2) is 16.4 Å². The first-order chi connectivity index (χ1) is 15.7. The number of hydrogen-bond acceptors (Lipinski definition) is 2. The van der Waals surface area contributed by atoms with Crippen LogP contribution in [0.1, 0.15) is 11.1 Å². The minimum absolute atomic E-state index is 0.450. The zero-order valence-electron chi connectivity index (χ0n) is 17.7. The van der Waals surface area contributed by atoms with E-state index in [0.29, 0.717) is 10.9 Å². The highest BCUT2D eigenvalue weighted by Gasteiger charge is 2.36. The van der Waals surface area contributed by atoms with Gasteiger partial charge in [-0.05, 0) is 47.2 Å². The van der Waals surface area contributed by atoms with E-state index >= 15 is 0 Å². The molecule has 156 valence electrons. The number of rotatable bonds is 4. The second kappa shape index (κ2) is 8.70. The second-order valence-electron chi connectivity index (χ2n) is 7.68. The van der Waals surface area contributed by atoms with E-state index in [1.165, 1.54) is 15.9 Å². The summed E-state index contributed by atoms with van der Waals surface area (Å²) in [6.45, 7) is -0.297. The first kappa shape index (κ1) is 20.6. The quantitative estimate of drug-likeness (QED) is 0.313. The van der Waals surface area contributed by atoms with Crippen molar-refractivity contribution in [3.8, 4) is 0 Å². The molecule has 4 aromatic rings. The topological polar surface area (TPSA) is 21.6 Å². The van der Waals surface area contributed by atoms with Gasteiger partial charge in [0.25, 0.3) is 0 Å². The van der Waals surface area contributed by atoms with Gasteiger partial charge in [-0.2, -0.15) is 0 Å². The van der Waals surface area contributed by atoms with Gasteiger partial charge in [-0.3, -0.25) is 0 Å². The lowest BCUT2D eigenvalue weighted by Gasteiger charge is -2.29. The summed E-state index contributed by atoms with van der Waals surface area (Å²) < 4.78 is 6.16. The van der Waals surface area contributed by atoms with Gasteiger partial charge in [0.05, 0.1) is 0 Å². The third kappa shape index (κ3) is 3.54. The van der Waals surface area contributed by atoms with Crippen molar-refractivity contribution in [3.63, 3.8) is 0 Å². The van der Waals surface area contributed by atoms with Crippen LogP contribution in [0.4, 0.5) is 0 Å². The van der Waals surface area contributed by atoms with Gasteiger partial charge in [-0.15, -0.1) is 0 Å². The summed E-state index contributed by atoms with van der Waals surface area (Å²) in [4.78, 5) is 5.10. The van der Waals surface area contributed by atoms with Crippen molar-refractivity contribution in [3.05, 3.63) is 126 Å². The van der Waals surface area contributed by atoms with Gasteiger partial charge in [-0.25, -0.2) is 4.99 Å². The molecule has 2 nitrogen and oxygen atoms in total. The smallest absolute Gasteiger partial charge is 0.228 e. The molecule has 4 heteroatoms. The molecule has 0 amide bonds. The lowest BCUT2D eigenvalue weighted by molar-refractivity contribution is 0.583. The van der Waals surface area contributed by atoms with Crippen molar-refractivity contribution in [2.75, 3.05) is 0 Å². The summed E-state index contributed by atoms with van der Waals surface area (Å²) in [5, 5.41) is 4.05. The van der Waals surface area contributed by atoms with Crippen LogP contribution in [0.5, 0.6) is 0 Å². The molecule has 0 aliphatic carbocycles. The third-order valence-corrected chi connectivity index (χ3v) is 10.2. The predicted molar refractivity (Wildman–Crippen MR) is 142 cm³/mol. The highest BCUT2D eigenvalue weighted by atomic mass is 32.1. The van der Waals surface area contributed by atoms with Crippen LogP contribution in [0, 0.1) is 6.92 Å². The molecule has 0 spiro atoms. The molecule has 1 aliphatic rings. The molecule has 1 aliphatic heterocycles. The molecule has 32 heavy (non-hydrogen) atoms. The lowest BCUT2D eigenvalue weighted by atomic mass is 10.1. The van der Waals surface area contributed by atoms with Crippen LogP contribution in [0.3, 0.4) is 0 Å². The number of aryl methyl sites for hydroxylation is 1. The maximum absolute atomic E-state index is 6.16. The average Bonchev–Trinajstić information content (AvgIpc) is 3.24. The minimum atomic E-state index is -2.36. The summed E-state index contributed by atoms with van der Waals surface area (Å²) in [5.74, 6) is 0.570. The predicted octanol–water partition coefficient (Wildman–Crippen LogP) is 5.22. The molecule has 0 saturated carbocycles. The van der Waals surface area contributed by atoms with E-state index in [0.717, 1.165) is 16.5 Å². The zero-order chi connectivity index (χ0) is 22.0. The second-order valence-corrected chi connectivity index (χ2v) is 11.4. The Labute approximate surface area is 194 Å². The van der Waals surface area contributed by atoms with Crippen LogP contribution in [0.2, 0.25) is 0 Å². The van der Waals surface area contributed by atoms with Gasteiger partial charge in [0.1, 0.15) is 5.42 Å². The van der Waals surface area contributed by atoms with Crippen molar-refractivity contribution in [2.24, 2.45) is 4.99 Å². The molecule has 0 fully saturated rings. The number of nitrogens with zero attached hydrogens (tertiary/aromatic N) is 1. The Bertz CT molecular complexity index is 1260. The van der Waals surface area contributed by atoms with Crippen LogP contribution < -0.4 is 15.9 Å². The van der Waals surface area contributed by atoms with Crippen molar-refractivity contribution in [1.29, 1.82) is 0 Å². The third-order valence-electron chi connectivity index (χ3n) is 5.59. The first-order valence-electron chi connectivity index (χ1n) is 10.5. The Kier molecular flexibility index (Phi) is 5.61. The summed E-state index contributed by atoms with van der Waals surface area (Å²) in [5.41, 5.74) is 2.94. The molecule has 0 N–H and O–H groups in total. The number of hydrogen-bond donors (Lipinski definition) is 0. The molecule has 0 bridgehead atoms. The fourth-order valence-corrected chi connectivity index (χ4v) is 8.76. The van der Waals surface area contributed by atoms with Crippen molar-refractivity contribution >= 4 is 51.4 Å². The molecule has 0 saturated heterocycles. The van der Waals surface area contributed by atoms with E-state index < -0.39 is 6.89 Å². The molecule has 4 aromatic carbocycles. The molecular formula is C28H22NOPS. The monoisotopic (exact) mass is 451 g/mol. The van der Waals surface area contributed by atoms with Crippen LogP contribution in [0.15, 0.2) is 120 Å². The minimum Gasteiger partial charge on any atom is -0.424 e. The van der Waals surface area contributed by atoms with E-state index in [1.807, 2.05) is 30.3 Å². The Hall–Kier alpha value is -3.26. The fourth-order valence-electron chi connectivity index (χ4n) is 4.18. The summed E-state index contributed by atoms with van der Waals surface area (Å²) in [6, 6.07) is 39.9. The molecule has 1 heterocycles. The maximum Gasteiger partial charge on any atom is 0.228 e. The molecule has 0 aromatic heterocycles. The molecule has 5 rings (SSSR count). The number of ether oxygens (including phenoxy) is 1. The fraction of sp³-hybridized carbons (Fsp3) is 0.0357. The first-order valence-corrected chi connectivity index (χ1v) is 12.7. The SMILES string of the molecule is Cc1cccc(C2=NC(=P(c3ccccc3)(c3ccccc3)c3ccccc3)C(=S)O2)c1. The summed E-state index contributed by atoms with van der Waals surface area (Å²) in [6.07, 6.45) is 0. The Morgan fingerprint density at radius 2 is 1.16 bits per heavy atom. The van der Waals surface area contributed by atoms with Gasteiger partial charge in [-0.1, -0.05) is 109 Å². The maximum atomic E-state index is 6.16. The number of aliphatic imine (C=N–C) groups is 1.